The largest absolute Gasteiger partial charge is 0.401 e. The topological polar surface area (TPSA) is 29.3 Å². The van der Waals surface area contributed by atoms with Crippen LogP contribution in [0.5, 0.6) is 0 Å². The molecule has 2 rings (SSSR count). The highest BCUT2D eigenvalue weighted by Gasteiger charge is 2.41. The van der Waals surface area contributed by atoms with Gasteiger partial charge in [0.2, 0.25) is 0 Å². The summed E-state index contributed by atoms with van der Waals surface area (Å²) in [7, 11) is 0. The van der Waals surface area contributed by atoms with Gasteiger partial charge < -0.3 is 5.73 Å². The Kier molecular flexibility index (Phi) is 3.69. The number of alkyl halides is 3. The van der Waals surface area contributed by atoms with Gasteiger partial charge in [-0.15, -0.1) is 0 Å². The normalized spacial score (nSPS) is 25.2. The molecule has 0 aromatic carbocycles. The molecule has 0 aliphatic heterocycles. The van der Waals surface area contributed by atoms with Crippen LogP contribution >= 0.6 is 0 Å². The van der Waals surface area contributed by atoms with Crippen molar-refractivity contribution in [2.24, 2.45) is 5.73 Å². The molecule has 2 saturated carbocycles. The Morgan fingerprint density at radius 2 is 1.71 bits per heavy atom. The Hall–Kier alpha value is -0.290. The predicted molar refractivity (Wildman–Crippen MR) is 60.7 cm³/mol. The molecule has 0 radical (unpaired) electrons. The van der Waals surface area contributed by atoms with E-state index in [2.05, 4.69) is 0 Å². The zero-order valence-corrected chi connectivity index (χ0v) is 10.1. The summed E-state index contributed by atoms with van der Waals surface area (Å²) in [4.78, 5) is 1.56. The van der Waals surface area contributed by atoms with Crippen LogP contribution in [0.3, 0.4) is 0 Å². The lowest BCUT2D eigenvalue weighted by Gasteiger charge is -2.38. The van der Waals surface area contributed by atoms with Crippen LogP contribution in [0, 0.1) is 0 Å². The van der Waals surface area contributed by atoms with Crippen molar-refractivity contribution in [2.75, 3.05) is 13.1 Å². The van der Waals surface area contributed by atoms with Gasteiger partial charge >= 0.3 is 6.18 Å². The SMILES string of the molecule is NC1(CN(CC(F)(F)F)C2CC2)CCCCC1. The van der Waals surface area contributed by atoms with Crippen LogP contribution in [0.2, 0.25) is 0 Å². The van der Waals surface area contributed by atoms with E-state index < -0.39 is 12.7 Å². The fourth-order valence-corrected chi connectivity index (χ4v) is 2.80. The highest BCUT2D eigenvalue weighted by atomic mass is 19.4. The molecule has 2 fully saturated rings. The summed E-state index contributed by atoms with van der Waals surface area (Å²) in [6, 6.07) is 0.124. The molecule has 2 aliphatic rings. The monoisotopic (exact) mass is 250 g/mol. The highest BCUT2D eigenvalue weighted by molar-refractivity contribution is 4.95. The summed E-state index contributed by atoms with van der Waals surface area (Å²) in [5, 5.41) is 0. The van der Waals surface area contributed by atoms with E-state index in [1.807, 2.05) is 0 Å². The van der Waals surface area contributed by atoms with Gasteiger partial charge in [0.05, 0.1) is 6.54 Å². The zero-order valence-electron chi connectivity index (χ0n) is 10.1. The van der Waals surface area contributed by atoms with Crippen molar-refractivity contribution in [3.05, 3.63) is 0 Å². The lowest BCUT2D eigenvalue weighted by atomic mass is 9.82. The first-order valence-corrected chi connectivity index (χ1v) is 6.48. The summed E-state index contributed by atoms with van der Waals surface area (Å²) in [6.45, 7) is -0.381. The lowest BCUT2D eigenvalue weighted by Crippen LogP contribution is -2.53. The van der Waals surface area contributed by atoms with E-state index in [0.717, 1.165) is 38.5 Å². The summed E-state index contributed by atoms with van der Waals surface area (Å²) < 4.78 is 37.5. The van der Waals surface area contributed by atoms with E-state index in [0.29, 0.717) is 6.54 Å². The molecular formula is C12H21F3N2. The molecular weight excluding hydrogens is 229 g/mol. The molecule has 100 valence electrons. The number of hydrogen-bond donors (Lipinski definition) is 1. The van der Waals surface area contributed by atoms with Crippen molar-refractivity contribution >= 4 is 0 Å². The second kappa shape index (κ2) is 4.76. The first-order valence-electron chi connectivity index (χ1n) is 6.48. The van der Waals surface area contributed by atoms with Crippen molar-refractivity contribution in [3.63, 3.8) is 0 Å². The molecule has 5 heteroatoms. The standard InChI is InChI=1S/C12H21F3N2/c13-12(14,15)9-17(10-4-5-10)8-11(16)6-2-1-3-7-11/h10H,1-9,16H2. The van der Waals surface area contributed by atoms with Crippen LogP contribution < -0.4 is 5.73 Å². The summed E-state index contributed by atoms with van der Waals surface area (Å²) in [5.41, 5.74) is 5.85. The van der Waals surface area contributed by atoms with Crippen molar-refractivity contribution in [1.29, 1.82) is 0 Å². The minimum atomic E-state index is -4.10. The first kappa shape index (κ1) is 13.1. The van der Waals surface area contributed by atoms with Gasteiger partial charge in [0.25, 0.3) is 0 Å². The summed E-state index contributed by atoms with van der Waals surface area (Å²) in [5.74, 6) is 0. The number of nitrogens with two attached hydrogens (primary N) is 1. The van der Waals surface area contributed by atoms with Crippen LogP contribution in [0.15, 0.2) is 0 Å². The van der Waals surface area contributed by atoms with Gasteiger partial charge in [0.1, 0.15) is 0 Å². The van der Waals surface area contributed by atoms with E-state index >= 15 is 0 Å². The summed E-state index contributed by atoms with van der Waals surface area (Å²) >= 11 is 0. The van der Waals surface area contributed by atoms with E-state index in [1.54, 1.807) is 4.90 Å². The van der Waals surface area contributed by atoms with Gasteiger partial charge in [-0.2, -0.15) is 13.2 Å². The third-order valence-electron chi connectivity index (χ3n) is 3.81. The molecule has 2 N–H and O–H groups in total. The predicted octanol–water partition coefficient (Wildman–Crippen LogP) is 2.67. The fourth-order valence-electron chi connectivity index (χ4n) is 2.80. The number of hydrogen-bond acceptors (Lipinski definition) is 2. The van der Waals surface area contributed by atoms with Crippen LogP contribution in [-0.2, 0) is 0 Å². The van der Waals surface area contributed by atoms with Crippen LogP contribution in [0.4, 0.5) is 13.2 Å². The van der Waals surface area contributed by atoms with Crippen molar-refractivity contribution < 1.29 is 13.2 Å². The summed E-state index contributed by atoms with van der Waals surface area (Å²) in [6.07, 6.45) is 2.71. The van der Waals surface area contributed by atoms with Crippen LogP contribution in [0.1, 0.15) is 44.9 Å². The minimum absolute atomic E-state index is 0.124. The Labute approximate surface area is 100 Å². The lowest BCUT2D eigenvalue weighted by molar-refractivity contribution is -0.149. The maximum atomic E-state index is 12.5. The zero-order chi connectivity index (χ0) is 12.5. The Bertz CT molecular complexity index is 255. The third kappa shape index (κ3) is 4.14. The number of rotatable bonds is 4. The van der Waals surface area contributed by atoms with Gasteiger partial charge in [-0.25, -0.2) is 0 Å². The second-order valence-corrected chi connectivity index (χ2v) is 5.67. The van der Waals surface area contributed by atoms with Gasteiger partial charge in [-0.05, 0) is 25.7 Å². The average Bonchev–Trinajstić information content (AvgIpc) is 2.97. The first-order chi connectivity index (χ1) is 7.88. The maximum absolute atomic E-state index is 12.5. The molecule has 2 aliphatic carbocycles. The highest BCUT2D eigenvalue weighted by Crippen LogP contribution is 2.34. The molecule has 0 spiro atoms. The molecule has 2 nitrogen and oxygen atoms in total. The smallest absolute Gasteiger partial charge is 0.324 e. The fraction of sp³-hybridized carbons (Fsp3) is 1.00. The van der Waals surface area contributed by atoms with Gasteiger partial charge in [0.15, 0.2) is 0 Å². The molecule has 0 heterocycles. The van der Waals surface area contributed by atoms with E-state index in [9.17, 15) is 13.2 Å². The van der Waals surface area contributed by atoms with E-state index in [-0.39, 0.29) is 11.6 Å². The Balaban J connectivity index is 1.92. The minimum Gasteiger partial charge on any atom is -0.324 e. The maximum Gasteiger partial charge on any atom is 0.401 e. The molecule has 0 aromatic heterocycles. The van der Waals surface area contributed by atoms with Gasteiger partial charge in [0, 0.05) is 18.1 Å². The Morgan fingerprint density at radius 1 is 1.12 bits per heavy atom. The van der Waals surface area contributed by atoms with E-state index in [4.69, 9.17) is 5.73 Å². The molecule has 0 saturated heterocycles. The van der Waals surface area contributed by atoms with E-state index in [1.165, 1.54) is 6.42 Å². The van der Waals surface area contributed by atoms with Gasteiger partial charge in [-0.3, -0.25) is 4.90 Å². The third-order valence-corrected chi connectivity index (χ3v) is 3.81. The molecule has 0 atom stereocenters. The molecule has 0 aromatic rings. The Morgan fingerprint density at radius 3 is 2.18 bits per heavy atom. The molecule has 0 bridgehead atoms. The average molecular weight is 250 g/mol. The number of nitrogens with zero attached hydrogens (tertiary/aromatic N) is 1. The number of halogens is 3. The van der Waals surface area contributed by atoms with Gasteiger partial charge in [-0.1, -0.05) is 19.3 Å². The van der Waals surface area contributed by atoms with Crippen molar-refractivity contribution in [2.45, 2.75) is 62.7 Å². The molecule has 0 amide bonds. The molecule has 17 heavy (non-hydrogen) atoms. The quantitative estimate of drug-likeness (QED) is 0.831. The second-order valence-electron chi connectivity index (χ2n) is 5.67. The van der Waals surface area contributed by atoms with Crippen molar-refractivity contribution in [3.8, 4) is 0 Å². The van der Waals surface area contributed by atoms with Crippen LogP contribution in [-0.4, -0.2) is 35.7 Å². The van der Waals surface area contributed by atoms with Crippen molar-refractivity contribution in [1.82, 2.24) is 4.90 Å². The van der Waals surface area contributed by atoms with Crippen LogP contribution in [0.25, 0.3) is 0 Å². The molecule has 0 unspecified atom stereocenters.